The van der Waals surface area contributed by atoms with Crippen LogP contribution in [0.2, 0.25) is 0 Å². The molecule has 1 aromatic carbocycles. The minimum Gasteiger partial charge on any atom is -0.324 e. The third-order valence-corrected chi connectivity index (χ3v) is 2.33. The van der Waals surface area contributed by atoms with Crippen LogP contribution in [0.15, 0.2) is 18.2 Å². The Bertz CT molecular complexity index is 448. The molecule has 0 aliphatic heterocycles. The smallest absolute Gasteiger partial charge is 0.324 e. The van der Waals surface area contributed by atoms with E-state index in [0.29, 0.717) is 6.07 Å². The molecule has 0 saturated heterocycles. The van der Waals surface area contributed by atoms with E-state index in [4.69, 9.17) is 5.73 Å². The second-order valence-corrected chi connectivity index (χ2v) is 3.72. The zero-order valence-electron chi connectivity index (χ0n) is 9.08. The first-order chi connectivity index (χ1) is 8.20. The summed E-state index contributed by atoms with van der Waals surface area (Å²) in [5, 5.41) is 10.6. The van der Waals surface area contributed by atoms with Crippen molar-refractivity contribution in [1.82, 2.24) is 0 Å². The minimum atomic E-state index is -4.38. The molecule has 1 rings (SSSR count). The van der Waals surface area contributed by atoms with Crippen LogP contribution >= 0.6 is 0 Å². The predicted molar refractivity (Wildman–Crippen MR) is 55.3 cm³/mol. The molecule has 0 spiro atoms. The van der Waals surface area contributed by atoms with Gasteiger partial charge in [0.05, 0.1) is 11.0 Å². The van der Waals surface area contributed by atoms with Crippen molar-refractivity contribution in [2.24, 2.45) is 5.73 Å². The molecular formula is C10H10F4N2O2. The molecule has 0 fully saturated rings. The lowest BCUT2D eigenvalue weighted by atomic mass is 10.0. The minimum absolute atomic E-state index is 0.106. The van der Waals surface area contributed by atoms with E-state index in [1.54, 1.807) is 0 Å². The van der Waals surface area contributed by atoms with Gasteiger partial charge in [0.15, 0.2) is 0 Å². The summed E-state index contributed by atoms with van der Waals surface area (Å²) >= 11 is 0. The molecule has 2 N–H and O–H groups in total. The predicted octanol–water partition coefficient (Wildman–Crippen LogP) is 3.08. The van der Waals surface area contributed by atoms with Crippen LogP contribution in [0.4, 0.5) is 23.2 Å². The van der Waals surface area contributed by atoms with Gasteiger partial charge in [-0.1, -0.05) is 0 Å². The van der Waals surface area contributed by atoms with Crippen molar-refractivity contribution in [1.29, 1.82) is 0 Å². The number of halogens is 4. The maximum atomic E-state index is 12.8. The van der Waals surface area contributed by atoms with E-state index >= 15 is 0 Å². The van der Waals surface area contributed by atoms with Crippen LogP contribution in [0, 0.1) is 15.9 Å². The van der Waals surface area contributed by atoms with E-state index in [-0.39, 0.29) is 5.56 Å². The third-order valence-electron chi connectivity index (χ3n) is 2.33. The van der Waals surface area contributed by atoms with Gasteiger partial charge in [-0.15, -0.1) is 0 Å². The molecule has 0 unspecified atom stereocenters. The van der Waals surface area contributed by atoms with Crippen LogP contribution in [0.25, 0.3) is 0 Å². The van der Waals surface area contributed by atoms with Gasteiger partial charge in [0.1, 0.15) is 5.82 Å². The average Bonchev–Trinajstić information content (AvgIpc) is 2.24. The van der Waals surface area contributed by atoms with E-state index in [2.05, 4.69) is 0 Å². The van der Waals surface area contributed by atoms with E-state index < -0.39 is 41.5 Å². The van der Waals surface area contributed by atoms with Crippen molar-refractivity contribution < 1.29 is 22.5 Å². The first kappa shape index (κ1) is 14.4. The van der Waals surface area contributed by atoms with Crippen LogP contribution < -0.4 is 5.73 Å². The molecule has 0 heterocycles. The fourth-order valence-corrected chi connectivity index (χ4v) is 1.46. The van der Waals surface area contributed by atoms with Crippen molar-refractivity contribution in [3.8, 4) is 0 Å². The fourth-order valence-electron chi connectivity index (χ4n) is 1.46. The molecule has 0 aliphatic rings. The van der Waals surface area contributed by atoms with Crippen molar-refractivity contribution in [3.63, 3.8) is 0 Å². The largest absolute Gasteiger partial charge is 0.389 e. The fraction of sp³-hybridized carbons (Fsp3) is 0.400. The molecule has 0 bridgehead atoms. The maximum absolute atomic E-state index is 12.8. The first-order valence-electron chi connectivity index (χ1n) is 4.97. The molecule has 18 heavy (non-hydrogen) atoms. The van der Waals surface area contributed by atoms with Gasteiger partial charge in [-0.25, -0.2) is 4.39 Å². The number of nitro benzene ring substituents is 1. The molecule has 0 aliphatic carbocycles. The SMILES string of the molecule is N[C@@H](CCC(F)(F)F)c1ccc(F)cc1[N+](=O)[O-]. The number of nitrogens with zero attached hydrogens (tertiary/aromatic N) is 1. The molecular weight excluding hydrogens is 256 g/mol. The number of hydrogen-bond acceptors (Lipinski definition) is 3. The van der Waals surface area contributed by atoms with Crippen LogP contribution in [-0.2, 0) is 0 Å². The quantitative estimate of drug-likeness (QED) is 0.517. The van der Waals surface area contributed by atoms with E-state index in [1.807, 2.05) is 0 Å². The topological polar surface area (TPSA) is 69.2 Å². The standard InChI is InChI=1S/C10H10F4N2O2/c11-6-1-2-7(9(5-6)16(17)18)8(15)3-4-10(12,13)14/h1-2,5,8H,3-4,15H2/t8-/m0/s1. The van der Waals surface area contributed by atoms with Gasteiger partial charge < -0.3 is 5.73 Å². The molecule has 0 amide bonds. The molecule has 100 valence electrons. The molecule has 1 atom stereocenters. The normalized spacial score (nSPS) is 13.4. The van der Waals surface area contributed by atoms with Crippen molar-refractivity contribution in [2.75, 3.05) is 0 Å². The van der Waals surface area contributed by atoms with Gasteiger partial charge >= 0.3 is 6.18 Å². The summed E-state index contributed by atoms with van der Waals surface area (Å²) in [4.78, 5) is 9.77. The Balaban J connectivity index is 2.91. The summed E-state index contributed by atoms with van der Waals surface area (Å²) in [5.74, 6) is -0.839. The van der Waals surface area contributed by atoms with Crippen LogP contribution in [0.5, 0.6) is 0 Å². The number of nitro groups is 1. The average molecular weight is 266 g/mol. The van der Waals surface area contributed by atoms with Gasteiger partial charge in [-0.05, 0) is 18.6 Å². The van der Waals surface area contributed by atoms with E-state index in [1.165, 1.54) is 0 Å². The van der Waals surface area contributed by atoms with Crippen molar-refractivity contribution in [2.45, 2.75) is 25.1 Å². The second-order valence-electron chi connectivity index (χ2n) is 3.72. The Morgan fingerprint density at radius 1 is 1.39 bits per heavy atom. The zero-order valence-corrected chi connectivity index (χ0v) is 9.08. The molecule has 4 nitrogen and oxygen atoms in total. The summed E-state index contributed by atoms with van der Waals surface area (Å²) in [5.41, 5.74) is 4.75. The van der Waals surface area contributed by atoms with E-state index in [0.717, 1.165) is 12.1 Å². The highest BCUT2D eigenvalue weighted by Gasteiger charge is 2.29. The Labute approximate surface area is 99.5 Å². The third kappa shape index (κ3) is 3.95. The lowest BCUT2D eigenvalue weighted by molar-refractivity contribution is -0.385. The molecule has 8 heteroatoms. The molecule has 0 saturated carbocycles. The van der Waals surface area contributed by atoms with Gasteiger partial charge in [-0.3, -0.25) is 10.1 Å². The summed E-state index contributed by atoms with van der Waals surface area (Å²) in [6.45, 7) is 0. The highest BCUT2D eigenvalue weighted by atomic mass is 19.4. The van der Waals surface area contributed by atoms with Crippen molar-refractivity contribution >= 4 is 5.69 Å². The lowest BCUT2D eigenvalue weighted by Crippen LogP contribution is -2.17. The number of alkyl halides is 3. The Morgan fingerprint density at radius 3 is 2.50 bits per heavy atom. The lowest BCUT2D eigenvalue weighted by Gasteiger charge is -2.13. The summed E-state index contributed by atoms with van der Waals surface area (Å²) < 4.78 is 48.8. The highest BCUT2D eigenvalue weighted by molar-refractivity contribution is 5.42. The van der Waals surface area contributed by atoms with Crippen LogP contribution in [0.3, 0.4) is 0 Å². The maximum Gasteiger partial charge on any atom is 0.389 e. The zero-order chi connectivity index (χ0) is 13.9. The number of hydrogen-bond donors (Lipinski definition) is 1. The summed E-state index contributed by atoms with van der Waals surface area (Å²) in [7, 11) is 0. The van der Waals surface area contributed by atoms with Crippen molar-refractivity contribution in [3.05, 3.63) is 39.7 Å². The molecule has 0 aromatic heterocycles. The summed E-state index contributed by atoms with van der Waals surface area (Å²) in [6.07, 6.45) is -6.02. The Hall–Kier alpha value is -1.70. The highest BCUT2D eigenvalue weighted by Crippen LogP contribution is 2.30. The second kappa shape index (κ2) is 5.30. The number of benzene rings is 1. The van der Waals surface area contributed by atoms with Crippen LogP contribution in [0.1, 0.15) is 24.4 Å². The number of nitrogens with two attached hydrogens (primary N) is 1. The van der Waals surface area contributed by atoms with Gasteiger partial charge in [0.2, 0.25) is 0 Å². The summed E-state index contributed by atoms with van der Waals surface area (Å²) in [6, 6.07) is 1.44. The Kier molecular flexibility index (Phi) is 4.23. The van der Waals surface area contributed by atoms with Crippen LogP contribution in [-0.4, -0.2) is 11.1 Å². The van der Waals surface area contributed by atoms with E-state index in [9.17, 15) is 27.7 Å². The monoisotopic (exact) mass is 266 g/mol. The number of rotatable bonds is 4. The van der Waals surface area contributed by atoms with Gasteiger partial charge in [-0.2, -0.15) is 13.2 Å². The molecule has 1 aromatic rings. The first-order valence-corrected chi connectivity index (χ1v) is 4.97. The van der Waals surface area contributed by atoms with Gasteiger partial charge in [0.25, 0.3) is 5.69 Å². The van der Waals surface area contributed by atoms with Gasteiger partial charge in [0, 0.05) is 18.0 Å². The molecule has 0 radical (unpaired) electrons. The Morgan fingerprint density at radius 2 is 2.00 bits per heavy atom.